The van der Waals surface area contributed by atoms with Gasteiger partial charge in [-0.1, -0.05) is 11.6 Å². The van der Waals surface area contributed by atoms with Crippen LogP contribution in [0.3, 0.4) is 0 Å². The molecule has 0 N–H and O–H groups in total. The molecular weight excluding hydrogens is 304 g/mol. The summed E-state index contributed by atoms with van der Waals surface area (Å²) in [6.45, 7) is 1.63. The van der Waals surface area contributed by atoms with Crippen molar-refractivity contribution in [3.05, 3.63) is 21.2 Å². The van der Waals surface area contributed by atoms with Crippen LogP contribution in [0.1, 0.15) is 6.92 Å². The zero-order valence-corrected chi connectivity index (χ0v) is 12.0. The SMILES string of the molecule is CC(=O)OCCN(C)c1cc(Cl)c2nonc2c1[N+](=O)[O-]. The van der Waals surface area contributed by atoms with E-state index in [4.69, 9.17) is 16.3 Å². The minimum absolute atomic E-state index is 0.0261. The Hall–Kier alpha value is -2.42. The monoisotopic (exact) mass is 314 g/mol. The molecule has 0 aliphatic rings. The molecule has 9 nitrogen and oxygen atoms in total. The molecule has 1 heterocycles. The van der Waals surface area contributed by atoms with Crippen molar-refractivity contribution in [3.8, 4) is 0 Å². The van der Waals surface area contributed by atoms with Crippen LogP contribution in [0, 0.1) is 10.1 Å². The van der Waals surface area contributed by atoms with Gasteiger partial charge < -0.3 is 9.64 Å². The van der Waals surface area contributed by atoms with Crippen LogP contribution in [-0.4, -0.2) is 41.4 Å². The van der Waals surface area contributed by atoms with Crippen molar-refractivity contribution in [1.82, 2.24) is 10.3 Å². The van der Waals surface area contributed by atoms with Gasteiger partial charge in [0.05, 0.1) is 16.5 Å². The molecule has 0 unspecified atom stereocenters. The van der Waals surface area contributed by atoms with E-state index in [1.165, 1.54) is 13.0 Å². The van der Waals surface area contributed by atoms with E-state index in [1.54, 1.807) is 11.9 Å². The van der Waals surface area contributed by atoms with E-state index in [9.17, 15) is 14.9 Å². The van der Waals surface area contributed by atoms with Gasteiger partial charge >= 0.3 is 11.7 Å². The number of rotatable bonds is 5. The Balaban J connectivity index is 2.40. The highest BCUT2D eigenvalue weighted by atomic mass is 35.5. The summed E-state index contributed by atoms with van der Waals surface area (Å²) in [5.74, 6) is -0.424. The third-order valence-electron chi connectivity index (χ3n) is 2.77. The predicted molar refractivity (Wildman–Crippen MR) is 73.4 cm³/mol. The molecule has 112 valence electrons. The van der Waals surface area contributed by atoms with Crippen LogP contribution in [0.15, 0.2) is 10.7 Å². The van der Waals surface area contributed by atoms with Gasteiger partial charge in [0.25, 0.3) is 0 Å². The van der Waals surface area contributed by atoms with Crippen LogP contribution in [0.4, 0.5) is 11.4 Å². The fourth-order valence-electron chi connectivity index (χ4n) is 1.80. The third kappa shape index (κ3) is 3.02. The van der Waals surface area contributed by atoms with E-state index >= 15 is 0 Å². The summed E-state index contributed by atoms with van der Waals surface area (Å²) in [5.41, 5.74) is 0.0728. The molecule has 0 aliphatic carbocycles. The molecule has 0 spiro atoms. The Morgan fingerprint density at radius 2 is 2.19 bits per heavy atom. The predicted octanol–water partition coefficient (Wildman–Crippen LogP) is 1.78. The number of carbonyl (C=O) groups is 1. The maximum atomic E-state index is 11.3. The Kier molecular flexibility index (Phi) is 4.22. The second-order valence-corrected chi connectivity index (χ2v) is 4.61. The molecule has 2 rings (SSSR count). The number of hydrogen-bond acceptors (Lipinski definition) is 8. The normalized spacial score (nSPS) is 10.6. The van der Waals surface area contributed by atoms with Gasteiger partial charge in [0, 0.05) is 14.0 Å². The number of likely N-dealkylation sites (N-methyl/N-ethyl adjacent to an activating group) is 1. The quantitative estimate of drug-likeness (QED) is 0.466. The summed E-state index contributed by atoms with van der Waals surface area (Å²) in [7, 11) is 1.61. The first-order chi connectivity index (χ1) is 9.91. The molecule has 0 saturated carbocycles. The largest absolute Gasteiger partial charge is 0.464 e. The van der Waals surface area contributed by atoms with Crippen molar-refractivity contribution in [2.45, 2.75) is 6.92 Å². The van der Waals surface area contributed by atoms with Gasteiger partial charge in [-0.05, 0) is 16.4 Å². The second kappa shape index (κ2) is 5.92. The van der Waals surface area contributed by atoms with Gasteiger partial charge in [0.15, 0.2) is 5.52 Å². The average molecular weight is 315 g/mol. The minimum atomic E-state index is -0.583. The van der Waals surface area contributed by atoms with Crippen LogP contribution in [0.25, 0.3) is 11.0 Å². The summed E-state index contributed by atoms with van der Waals surface area (Å²) in [6, 6.07) is 1.40. The molecule has 0 fully saturated rings. The number of nitro groups is 1. The van der Waals surface area contributed by atoms with Gasteiger partial charge in [-0.3, -0.25) is 14.9 Å². The number of hydrogen-bond donors (Lipinski definition) is 0. The lowest BCUT2D eigenvalue weighted by Gasteiger charge is -2.18. The number of nitrogens with zero attached hydrogens (tertiary/aromatic N) is 4. The number of esters is 1. The van der Waals surface area contributed by atoms with Gasteiger partial charge in [-0.2, -0.15) is 0 Å². The highest BCUT2D eigenvalue weighted by molar-refractivity contribution is 6.35. The summed E-state index contributed by atoms with van der Waals surface area (Å²) >= 11 is 6.01. The van der Waals surface area contributed by atoms with Crippen LogP contribution in [0.5, 0.6) is 0 Å². The number of ether oxygens (including phenoxy) is 1. The highest BCUT2D eigenvalue weighted by Crippen LogP contribution is 2.37. The average Bonchev–Trinajstić information content (AvgIpc) is 2.86. The lowest BCUT2D eigenvalue weighted by molar-refractivity contribution is -0.382. The maximum absolute atomic E-state index is 11.3. The minimum Gasteiger partial charge on any atom is -0.464 e. The first-order valence-electron chi connectivity index (χ1n) is 5.85. The van der Waals surface area contributed by atoms with Gasteiger partial charge in [-0.15, -0.1) is 0 Å². The zero-order valence-electron chi connectivity index (χ0n) is 11.2. The topological polar surface area (TPSA) is 112 Å². The smallest absolute Gasteiger partial charge is 0.323 e. The van der Waals surface area contributed by atoms with Crippen molar-refractivity contribution >= 4 is 40.0 Å². The molecule has 10 heteroatoms. The molecule has 1 aromatic carbocycles. The molecule has 0 aliphatic heterocycles. The Labute approximate surface area is 123 Å². The summed E-state index contributed by atoms with van der Waals surface area (Å²) < 4.78 is 9.31. The zero-order chi connectivity index (χ0) is 15.6. The van der Waals surface area contributed by atoms with Gasteiger partial charge in [0.2, 0.25) is 5.52 Å². The molecule has 21 heavy (non-hydrogen) atoms. The van der Waals surface area contributed by atoms with Crippen molar-refractivity contribution in [2.24, 2.45) is 0 Å². The number of halogens is 1. The van der Waals surface area contributed by atoms with Crippen LogP contribution in [-0.2, 0) is 9.53 Å². The number of nitro benzene ring substituents is 1. The molecule has 2 aromatic rings. The molecule has 0 bridgehead atoms. The number of benzene rings is 1. The number of fused-ring (bicyclic) bond motifs is 1. The maximum Gasteiger partial charge on any atom is 0.323 e. The Morgan fingerprint density at radius 3 is 2.81 bits per heavy atom. The summed E-state index contributed by atoms with van der Waals surface area (Å²) in [4.78, 5) is 23.0. The molecule has 0 amide bonds. The second-order valence-electron chi connectivity index (χ2n) is 4.21. The van der Waals surface area contributed by atoms with E-state index in [2.05, 4.69) is 14.9 Å². The van der Waals surface area contributed by atoms with E-state index in [-0.39, 0.29) is 40.6 Å². The first kappa shape index (κ1) is 15.0. The molecule has 0 atom stereocenters. The highest BCUT2D eigenvalue weighted by Gasteiger charge is 2.27. The Morgan fingerprint density at radius 1 is 1.52 bits per heavy atom. The molecule has 1 aromatic heterocycles. The van der Waals surface area contributed by atoms with Crippen molar-refractivity contribution < 1.29 is 19.1 Å². The van der Waals surface area contributed by atoms with Crippen LogP contribution in [0.2, 0.25) is 5.02 Å². The first-order valence-corrected chi connectivity index (χ1v) is 6.23. The van der Waals surface area contributed by atoms with Crippen molar-refractivity contribution in [3.63, 3.8) is 0 Å². The van der Waals surface area contributed by atoms with Crippen molar-refractivity contribution in [2.75, 3.05) is 25.1 Å². The number of anilines is 1. The van der Waals surface area contributed by atoms with E-state index in [1.807, 2.05) is 0 Å². The van der Waals surface area contributed by atoms with E-state index in [0.29, 0.717) is 0 Å². The van der Waals surface area contributed by atoms with E-state index < -0.39 is 10.9 Å². The Bertz CT molecular complexity index is 701. The van der Waals surface area contributed by atoms with Gasteiger partial charge in [-0.25, -0.2) is 4.63 Å². The lowest BCUT2D eigenvalue weighted by atomic mass is 10.2. The van der Waals surface area contributed by atoms with Crippen LogP contribution >= 0.6 is 11.6 Å². The fourth-order valence-corrected chi connectivity index (χ4v) is 2.02. The third-order valence-corrected chi connectivity index (χ3v) is 3.06. The summed E-state index contributed by atoms with van der Waals surface area (Å²) in [5, 5.41) is 18.5. The van der Waals surface area contributed by atoms with E-state index in [0.717, 1.165) is 0 Å². The molecular formula is C11H11ClN4O5. The number of carbonyl (C=O) groups excluding carboxylic acids is 1. The molecule has 0 saturated heterocycles. The standard InChI is InChI=1S/C11H11ClN4O5/c1-6(17)20-4-3-15(2)8-5-7(12)9-10(14-21-13-9)11(8)16(18)19/h5H,3-4H2,1-2H3. The van der Waals surface area contributed by atoms with Crippen molar-refractivity contribution in [1.29, 1.82) is 0 Å². The van der Waals surface area contributed by atoms with Crippen LogP contribution < -0.4 is 4.90 Å². The fraction of sp³-hybridized carbons (Fsp3) is 0.364. The summed E-state index contributed by atoms with van der Waals surface area (Å²) in [6.07, 6.45) is 0. The van der Waals surface area contributed by atoms with Gasteiger partial charge in [0.1, 0.15) is 12.3 Å². The lowest BCUT2D eigenvalue weighted by Crippen LogP contribution is -2.24. The molecule has 0 radical (unpaired) electrons. The number of aromatic nitrogens is 2.